The second kappa shape index (κ2) is 20.9. The van der Waals surface area contributed by atoms with E-state index in [0.29, 0.717) is 40.5 Å². The van der Waals surface area contributed by atoms with E-state index in [9.17, 15) is 5.48 Å². The number of nitrogens with zero attached hydrogens (tertiary/aromatic N) is 4. The zero-order valence-corrected chi connectivity index (χ0v) is 43.1. The van der Waals surface area contributed by atoms with Crippen molar-refractivity contribution in [2.45, 2.75) is 98.8 Å². The van der Waals surface area contributed by atoms with E-state index in [-0.39, 0.29) is 60.3 Å². The Bertz CT molecular complexity index is 3720. The van der Waals surface area contributed by atoms with Crippen LogP contribution in [0.15, 0.2) is 158 Å². The SMILES string of the molecule is [2H]c1c([2H])c([2H])c(-c2cc(CC(C)C)cc(-c3c([2H])c([2H])c([2H])c([2H])c3[2H])c2N2[CH-]N(c3[c-]c(Oc4[c-]c5c(cc4)c4c(CCC)c(CCCCC)ccc4n5-c4cc(C(C)(C)C)ccn4)ccc3)c3ccccc32)c([2H])c1[2H].[Pt]. The van der Waals surface area contributed by atoms with Crippen LogP contribution in [-0.2, 0) is 45.7 Å². The van der Waals surface area contributed by atoms with Gasteiger partial charge in [-0.25, -0.2) is 4.98 Å². The summed E-state index contributed by atoms with van der Waals surface area (Å²) in [6.07, 6.45) is 8.76. The molecular formula is C64H63N4OPt-3. The van der Waals surface area contributed by atoms with E-state index in [1.165, 1.54) is 22.9 Å². The molecule has 0 bridgehead atoms. The largest absolute Gasteiger partial charge is 0.509 e. The average Bonchev–Trinajstić information content (AvgIpc) is 4.06. The van der Waals surface area contributed by atoms with Crippen molar-refractivity contribution < 1.29 is 39.5 Å². The number of hydrogen-bond donors (Lipinski definition) is 0. The molecule has 70 heavy (non-hydrogen) atoms. The second-order valence-corrected chi connectivity index (χ2v) is 19.4. The molecule has 0 saturated heterocycles. The van der Waals surface area contributed by atoms with Crippen molar-refractivity contribution in [3.63, 3.8) is 0 Å². The van der Waals surface area contributed by atoms with Gasteiger partial charge in [0.25, 0.3) is 0 Å². The first kappa shape index (κ1) is 37.4. The van der Waals surface area contributed by atoms with Crippen LogP contribution in [-0.4, -0.2) is 9.55 Å². The fourth-order valence-electron chi connectivity index (χ4n) is 9.70. The molecule has 0 spiro atoms. The number of ether oxygens (including phenoxy) is 1. The number of aromatic nitrogens is 2. The van der Waals surface area contributed by atoms with Crippen LogP contribution in [0.5, 0.6) is 11.5 Å². The third kappa shape index (κ3) is 9.71. The van der Waals surface area contributed by atoms with Gasteiger partial charge in [0, 0.05) is 72.5 Å². The van der Waals surface area contributed by atoms with E-state index < -0.39 is 60.4 Å². The summed E-state index contributed by atoms with van der Waals surface area (Å²) in [4.78, 5) is 8.66. The first-order chi connectivity index (χ1) is 37.7. The Morgan fingerprint density at radius 2 is 1.40 bits per heavy atom. The smallest absolute Gasteiger partial charge is 0.135 e. The minimum Gasteiger partial charge on any atom is -0.509 e. The number of aryl methyl sites for hydroxylation is 2. The predicted octanol–water partition coefficient (Wildman–Crippen LogP) is 17.5. The molecule has 10 rings (SSSR count). The summed E-state index contributed by atoms with van der Waals surface area (Å²) in [5, 5.41) is 2.27. The van der Waals surface area contributed by atoms with E-state index in [1.807, 2.05) is 73.5 Å². The van der Waals surface area contributed by atoms with Gasteiger partial charge in [-0.05, 0) is 118 Å². The third-order valence-corrected chi connectivity index (χ3v) is 12.9. The molecule has 358 valence electrons. The van der Waals surface area contributed by atoms with Crippen molar-refractivity contribution in [1.29, 1.82) is 0 Å². The Kier molecular flexibility index (Phi) is 11.2. The summed E-state index contributed by atoms with van der Waals surface area (Å²) in [6.45, 7) is 16.9. The molecule has 1 aliphatic heterocycles. The minimum absolute atomic E-state index is 0. The molecule has 2 aromatic heterocycles. The molecule has 0 amide bonds. The Morgan fingerprint density at radius 1 is 0.714 bits per heavy atom. The van der Waals surface area contributed by atoms with Crippen LogP contribution in [0.1, 0.15) is 110 Å². The maximum Gasteiger partial charge on any atom is 0.135 e. The van der Waals surface area contributed by atoms with Gasteiger partial charge in [-0.3, -0.25) is 0 Å². The summed E-state index contributed by atoms with van der Waals surface area (Å²) in [6, 6.07) is 31.7. The van der Waals surface area contributed by atoms with Gasteiger partial charge in [0.1, 0.15) is 5.82 Å². The number of pyridine rings is 1. The van der Waals surface area contributed by atoms with Crippen LogP contribution in [0.25, 0.3) is 49.9 Å². The molecule has 0 fully saturated rings. The van der Waals surface area contributed by atoms with Gasteiger partial charge in [-0.2, -0.15) is 12.1 Å². The van der Waals surface area contributed by atoms with Crippen LogP contribution in [0.3, 0.4) is 0 Å². The molecule has 7 aromatic carbocycles. The van der Waals surface area contributed by atoms with E-state index in [2.05, 4.69) is 81.7 Å². The van der Waals surface area contributed by atoms with Gasteiger partial charge in [0.05, 0.1) is 13.7 Å². The molecule has 0 atom stereocenters. The maximum absolute atomic E-state index is 9.27. The zero-order valence-electron chi connectivity index (χ0n) is 50.9. The maximum atomic E-state index is 9.27. The topological polar surface area (TPSA) is 33.5 Å². The summed E-state index contributed by atoms with van der Waals surface area (Å²) in [5.74, 6) is 1.75. The molecule has 6 heteroatoms. The third-order valence-electron chi connectivity index (χ3n) is 12.9. The Labute approximate surface area is 444 Å². The van der Waals surface area contributed by atoms with Crippen LogP contribution in [0.2, 0.25) is 0 Å². The van der Waals surface area contributed by atoms with Crippen molar-refractivity contribution in [1.82, 2.24) is 9.55 Å². The molecule has 0 unspecified atom stereocenters. The van der Waals surface area contributed by atoms with Gasteiger partial charge in [-0.15, -0.1) is 48.1 Å². The summed E-state index contributed by atoms with van der Waals surface area (Å²) >= 11 is 0. The minimum atomic E-state index is -0.554. The molecule has 5 nitrogen and oxygen atoms in total. The molecule has 0 saturated carbocycles. The van der Waals surface area contributed by atoms with Gasteiger partial charge < -0.3 is 19.1 Å². The fraction of sp³-hybridized carbons (Fsp3) is 0.250. The number of anilines is 4. The monoisotopic (exact) mass is 1110 g/mol. The predicted molar refractivity (Wildman–Crippen MR) is 290 cm³/mol. The summed E-state index contributed by atoms with van der Waals surface area (Å²) < 4.78 is 98.1. The second-order valence-electron chi connectivity index (χ2n) is 19.4. The first-order valence-electron chi connectivity index (χ1n) is 29.3. The number of unbranched alkanes of at least 4 members (excludes halogenated alkanes) is 2. The molecule has 0 radical (unpaired) electrons. The molecule has 9 aromatic rings. The van der Waals surface area contributed by atoms with Crippen molar-refractivity contribution >= 4 is 44.6 Å². The van der Waals surface area contributed by atoms with Crippen molar-refractivity contribution in [3.8, 4) is 39.6 Å². The fourth-order valence-corrected chi connectivity index (χ4v) is 9.70. The van der Waals surface area contributed by atoms with Gasteiger partial charge in [0.2, 0.25) is 0 Å². The van der Waals surface area contributed by atoms with Gasteiger partial charge in [0.15, 0.2) is 0 Å². The zero-order chi connectivity index (χ0) is 56.4. The number of fused-ring (bicyclic) bond motifs is 4. The molecule has 0 N–H and O–H groups in total. The van der Waals surface area contributed by atoms with Crippen LogP contribution < -0.4 is 14.5 Å². The van der Waals surface area contributed by atoms with Crippen molar-refractivity contribution in [3.05, 3.63) is 199 Å². The van der Waals surface area contributed by atoms with E-state index in [1.54, 1.807) is 23.7 Å². The molecule has 1 aliphatic rings. The first-order valence-corrected chi connectivity index (χ1v) is 24.3. The number of benzene rings is 7. The van der Waals surface area contributed by atoms with Crippen molar-refractivity contribution in [2.24, 2.45) is 5.92 Å². The van der Waals surface area contributed by atoms with Gasteiger partial charge in [-0.1, -0.05) is 152 Å². The number of para-hydroxylation sites is 2. The van der Waals surface area contributed by atoms with E-state index >= 15 is 0 Å². The standard InChI is InChI=1S/C64H63N4O.Pt/c1-8-10-13-22-48-31-34-59-62(53(48)21-9-2)54-33-32-52(42-60(54)68(59)61-40-49(35-36-65-61)64(5,6)7)69-51-28-20-27-50(41-51)66-43-67(58-30-19-18-29-57(58)66)63-55(46-23-14-11-15-24-46)38-45(37-44(3)4)39-56(63)47-25-16-12-17-26-47;/h11-12,14-20,23-36,38-40,43-44H,8-10,13,21-22,37H2,1-7H3;/q-3;/i11D,12D,14D,15D,16D,17D,23D,24D,25D,26D;. The Hall–Kier alpha value is -6.42. The van der Waals surface area contributed by atoms with Gasteiger partial charge >= 0.3 is 0 Å². The number of hydrogen-bond acceptors (Lipinski definition) is 4. The normalized spacial score (nSPS) is 14.5. The average molecular weight is 1110 g/mol. The quantitative estimate of drug-likeness (QED) is 0.0757. The Morgan fingerprint density at radius 3 is 2.06 bits per heavy atom. The van der Waals surface area contributed by atoms with E-state index in [4.69, 9.17) is 17.9 Å². The van der Waals surface area contributed by atoms with Crippen LogP contribution in [0, 0.1) is 24.7 Å². The molecule has 0 aliphatic carbocycles. The van der Waals surface area contributed by atoms with E-state index in [0.717, 1.165) is 59.9 Å². The Balaban J connectivity index is 0.00000774. The molecular weight excluding hydrogens is 1040 g/mol. The summed E-state index contributed by atoms with van der Waals surface area (Å²) in [5.41, 5.74) is 8.74. The van der Waals surface area contributed by atoms with Crippen LogP contribution in [0.4, 0.5) is 22.7 Å². The molecule has 3 heterocycles. The summed E-state index contributed by atoms with van der Waals surface area (Å²) in [7, 11) is 0. The van der Waals surface area contributed by atoms with Crippen molar-refractivity contribution in [2.75, 3.05) is 9.80 Å². The number of rotatable bonds is 15. The van der Waals surface area contributed by atoms with Crippen LogP contribution >= 0.6 is 0 Å².